The molecule has 1 aromatic carbocycles. The van der Waals surface area contributed by atoms with Crippen molar-refractivity contribution in [2.75, 3.05) is 50.6 Å². The lowest BCUT2D eigenvalue weighted by molar-refractivity contribution is 0.102. The lowest BCUT2D eigenvalue weighted by Gasteiger charge is -2.34. The van der Waals surface area contributed by atoms with E-state index in [1.165, 1.54) is 0 Å². The second kappa shape index (κ2) is 7.31. The molecule has 2 aromatic rings. The van der Waals surface area contributed by atoms with Gasteiger partial charge in [0.05, 0.1) is 12.7 Å². The quantitative estimate of drug-likeness (QED) is 0.932. The summed E-state index contributed by atoms with van der Waals surface area (Å²) in [4.78, 5) is 21.6. The fraction of sp³-hybridized carbons (Fsp3) is 0.333. The molecular weight excluding hydrogens is 304 g/mol. The summed E-state index contributed by atoms with van der Waals surface area (Å²) in [6.45, 7) is 3.67. The highest BCUT2D eigenvalue weighted by molar-refractivity contribution is 6.07. The van der Waals surface area contributed by atoms with E-state index in [1.807, 2.05) is 24.3 Å². The van der Waals surface area contributed by atoms with Crippen LogP contribution in [0, 0.1) is 0 Å². The van der Waals surface area contributed by atoms with E-state index < -0.39 is 0 Å². The fourth-order valence-corrected chi connectivity index (χ4v) is 2.74. The maximum atomic E-state index is 12.7. The first kappa shape index (κ1) is 16.3. The lowest BCUT2D eigenvalue weighted by atomic mass is 10.2. The van der Waals surface area contributed by atoms with Crippen LogP contribution in [0.15, 0.2) is 42.6 Å². The van der Waals surface area contributed by atoms with Crippen LogP contribution in [0.3, 0.4) is 0 Å². The molecule has 1 fully saturated rings. The molecule has 2 heterocycles. The summed E-state index contributed by atoms with van der Waals surface area (Å²) in [7, 11) is 3.71. The Morgan fingerprint density at radius 2 is 1.96 bits per heavy atom. The summed E-state index contributed by atoms with van der Waals surface area (Å²) in [6.07, 6.45) is 1.73. The number of likely N-dealkylation sites (N-methyl/N-ethyl adjacent to an activating group) is 1. The molecule has 0 saturated carbocycles. The first-order valence-corrected chi connectivity index (χ1v) is 8.01. The van der Waals surface area contributed by atoms with Gasteiger partial charge in [-0.3, -0.25) is 4.79 Å². The molecule has 0 aliphatic carbocycles. The SMILES string of the molecule is COc1cccc(NC(=O)c2cccnc2N2CCN(C)CC2)c1. The van der Waals surface area contributed by atoms with E-state index in [9.17, 15) is 4.79 Å². The smallest absolute Gasteiger partial charge is 0.259 e. The molecule has 6 nitrogen and oxygen atoms in total. The van der Waals surface area contributed by atoms with Crippen LogP contribution in [0.25, 0.3) is 0 Å². The number of hydrogen-bond acceptors (Lipinski definition) is 5. The molecule has 0 unspecified atom stereocenters. The van der Waals surface area contributed by atoms with Gasteiger partial charge in [-0.05, 0) is 31.3 Å². The topological polar surface area (TPSA) is 57.7 Å². The number of pyridine rings is 1. The Morgan fingerprint density at radius 1 is 1.17 bits per heavy atom. The third kappa shape index (κ3) is 3.65. The van der Waals surface area contributed by atoms with Gasteiger partial charge in [0.1, 0.15) is 11.6 Å². The van der Waals surface area contributed by atoms with E-state index >= 15 is 0 Å². The van der Waals surface area contributed by atoms with Crippen LogP contribution in [0.1, 0.15) is 10.4 Å². The Kier molecular flexibility index (Phi) is 4.96. The second-order valence-electron chi connectivity index (χ2n) is 5.85. The average molecular weight is 326 g/mol. The van der Waals surface area contributed by atoms with Crippen LogP contribution in [-0.4, -0.2) is 56.1 Å². The maximum absolute atomic E-state index is 12.7. The number of rotatable bonds is 4. The zero-order valence-corrected chi connectivity index (χ0v) is 14.0. The fourth-order valence-electron chi connectivity index (χ4n) is 2.74. The largest absolute Gasteiger partial charge is 0.497 e. The van der Waals surface area contributed by atoms with Crippen molar-refractivity contribution in [2.45, 2.75) is 0 Å². The number of nitrogens with one attached hydrogen (secondary N) is 1. The standard InChI is InChI=1S/C18H22N4O2/c1-21-9-11-22(12-10-21)17-16(7-4-8-19-17)18(23)20-14-5-3-6-15(13-14)24-2/h3-8,13H,9-12H2,1-2H3,(H,20,23). The van der Waals surface area contributed by atoms with Gasteiger partial charge in [-0.1, -0.05) is 6.07 Å². The number of nitrogens with zero attached hydrogens (tertiary/aromatic N) is 3. The van der Waals surface area contributed by atoms with E-state index in [1.54, 1.807) is 25.4 Å². The van der Waals surface area contributed by atoms with E-state index in [-0.39, 0.29) is 5.91 Å². The van der Waals surface area contributed by atoms with Crippen molar-refractivity contribution in [3.8, 4) is 5.75 Å². The summed E-state index contributed by atoms with van der Waals surface area (Å²) >= 11 is 0. The molecule has 0 radical (unpaired) electrons. The summed E-state index contributed by atoms with van der Waals surface area (Å²) in [5, 5.41) is 2.93. The summed E-state index contributed by atoms with van der Waals surface area (Å²) in [6, 6.07) is 10.9. The summed E-state index contributed by atoms with van der Waals surface area (Å²) in [5.74, 6) is 1.29. The van der Waals surface area contributed by atoms with Crippen molar-refractivity contribution in [1.29, 1.82) is 0 Å². The lowest BCUT2D eigenvalue weighted by Crippen LogP contribution is -2.45. The van der Waals surface area contributed by atoms with Crippen LogP contribution in [0.2, 0.25) is 0 Å². The molecule has 6 heteroatoms. The number of carbonyl (C=O) groups is 1. The van der Waals surface area contributed by atoms with Gasteiger partial charge in [-0.15, -0.1) is 0 Å². The molecule has 3 rings (SSSR count). The van der Waals surface area contributed by atoms with Crippen LogP contribution < -0.4 is 15.0 Å². The molecule has 0 bridgehead atoms. The van der Waals surface area contributed by atoms with E-state index in [4.69, 9.17) is 4.74 Å². The van der Waals surface area contributed by atoms with Gasteiger partial charge in [0.2, 0.25) is 0 Å². The summed E-state index contributed by atoms with van der Waals surface area (Å²) in [5.41, 5.74) is 1.29. The van der Waals surface area contributed by atoms with Crippen LogP contribution in [0.4, 0.5) is 11.5 Å². The molecule has 1 aliphatic heterocycles. The number of piperazine rings is 1. The number of carbonyl (C=O) groups excluding carboxylic acids is 1. The Balaban J connectivity index is 1.79. The number of methoxy groups -OCH3 is 1. The van der Waals surface area contributed by atoms with Crippen LogP contribution in [-0.2, 0) is 0 Å². The Labute approximate surface area is 142 Å². The van der Waals surface area contributed by atoms with Crippen molar-refractivity contribution in [3.05, 3.63) is 48.2 Å². The number of hydrogen-bond donors (Lipinski definition) is 1. The minimum absolute atomic E-state index is 0.162. The molecule has 24 heavy (non-hydrogen) atoms. The Bertz CT molecular complexity index is 712. The molecule has 1 N–H and O–H groups in total. The van der Waals surface area contributed by atoms with E-state index in [2.05, 4.69) is 27.1 Å². The van der Waals surface area contributed by atoms with Crippen molar-refractivity contribution in [1.82, 2.24) is 9.88 Å². The molecule has 0 atom stereocenters. The molecule has 1 amide bonds. The van der Waals surface area contributed by atoms with Gasteiger partial charge in [0.25, 0.3) is 5.91 Å². The third-order valence-electron chi connectivity index (χ3n) is 4.16. The highest BCUT2D eigenvalue weighted by Gasteiger charge is 2.21. The molecule has 1 aromatic heterocycles. The van der Waals surface area contributed by atoms with Gasteiger partial charge in [0, 0.05) is 44.1 Å². The van der Waals surface area contributed by atoms with Crippen molar-refractivity contribution in [2.24, 2.45) is 0 Å². The van der Waals surface area contributed by atoms with Crippen molar-refractivity contribution >= 4 is 17.4 Å². The molecule has 0 spiro atoms. The van der Waals surface area contributed by atoms with Crippen molar-refractivity contribution < 1.29 is 9.53 Å². The monoisotopic (exact) mass is 326 g/mol. The third-order valence-corrected chi connectivity index (χ3v) is 4.16. The zero-order chi connectivity index (χ0) is 16.9. The zero-order valence-electron chi connectivity index (χ0n) is 14.0. The predicted molar refractivity (Wildman–Crippen MR) is 94.9 cm³/mol. The van der Waals surface area contributed by atoms with Gasteiger partial charge < -0.3 is 19.9 Å². The molecule has 126 valence electrons. The Hall–Kier alpha value is -2.60. The number of anilines is 2. The average Bonchev–Trinajstić information content (AvgIpc) is 2.62. The maximum Gasteiger partial charge on any atom is 0.259 e. The normalized spacial score (nSPS) is 15.2. The molecular formula is C18H22N4O2. The van der Waals surface area contributed by atoms with E-state index in [0.29, 0.717) is 17.0 Å². The number of benzene rings is 1. The van der Waals surface area contributed by atoms with Gasteiger partial charge in [-0.25, -0.2) is 4.98 Å². The highest BCUT2D eigenvalue weighted by Crippen LogP contribution is 2.22. The van der Waals surface area contributed by atoms with Gasteiger partial charge >= 0.3 is 0 Å². The van der Waals surface area contributed by atoms with E-state index in [0.717, 1.165) is 32.0 Å². The molecule has 1 aliphatic rings. The predicted octanol–water partition coefficient (Wildman–Crippen LogP) is 2.09. The number of aromatic nitrogens is 1. The van der Waals surface area contributed by atoms with Gasteiger partial charge in [0.15, 0.2) is 0 Å². The molecule has 1 saturated heterocycles. The number of ether oxygens (including phenoxy) is 1. The number of amides is 1. The van der Waals surface area contributed by atoms with Gasteiger partial charge in [-0.2, -0.15) is 0 Å². The second-order valence-corrected chi connectivity index (χ2v) is 5.85. The van der Waals surface area contributed by atoms with Crippen LogP contribution in [0.5, 0.6) is 5.75 Å². The summed E-state index contributed by atoms with van der Waals surface area (Å²) < 4.78 is 5.19. The van der Waals surface area contributed by atoms with Crippen LogP contribution >= 0.6 is 0 Å². The first-order valence-electron chi connectivity index (χ1n) is 8.01. The van der Waals surface area contributed by atoms with Crippen molar-refractivity contribution in [3.63, 3.8) is 0 Å². The Morgan fingerprint density at radius 3 is 2.71 bits per heavy atom. The minimum Gasteiger partial charge on any atom is -0.497 e. The minimum atomic E-state index is -0.162. The highest BCUT2D eigenvalue weighted by atomic mass is 16.5. The first-order chi connectivity index (χ1) is 11.7.